The van der Waals surface area contributed by atoms with E-state index in [1.165, 1.54) is 0 Å². The van der Waals surface area contributed by atoms with E-state index in [9.17, 15) is 10.0 Å². The van der Waals surface area contributed by atoms with E-state index in [0.29, 0.717) is 5.75 Å². The molecule has 29 heavy (non-hydrogen) atoms. The Labute approximate surface area is 170 Å². The molecule has 140 valence electrons. The van der Waals surface area contributed by atoms with Gasteiger partial charge in [0.15, 0.2) is 0 Å². The lowest BCUT2D eigenvalue weighted by Gasteiger charge is -2.33. The zero-order valence-electron chi connectivity index (χ0n) is 15.7. The highest BCUT2D eigenvalue weighted by Gasteiger charge is 2.47. The summed E-state index contributed by atoms with van der Waals surface area (Å²) in [5, 5.41) is 19.0. The van der Waals surface area contributed by atoms with Crippen LogP contribution in [0.15, 0.2) is 103 Å². The SMILES string of the molecule is OB(O)Oc1cccc2c1-c1ccccc1C2(c1ccccc1)c1ccccc1. The fourth-order valence-corrected chi connectivity index (χ4v) is 4.67. The van der Waals surface area contributed by atoms with Crippen LogP contribution in [0.4, 0.5) is 0 Å². The number of fused-ring (bicyclic) bond motifs is 3. The third-order valence-corrected chi connectivity index (χ3v) is 5.68. The van der Waals surface area contributed by atoms with Crippen LogP contribution in [-0.4, -0.2) is 17.4 Å². The van der Waals surface area contributed by atoms with Gasteiger partial charge >= 0.3 is 7.32 Å². The van der Waals surface area contributed by atoms with E-state index in [1.54, 1.807) is 6.07 Å². The molecule has 1 aliphatic rings. The summed E-state index contributed by atoms with van der Waals surface area (Å²) in [5.74, 6) is 0.457. The molecule has 2 N–H and O–H groups in total. The molecule has 0 radical (unpaired) electrons. The van der Waals surface area contributed by atoms with Gasteiger partial charge in [-0.05, 0) is 33.9 Å². The predicted molar refractivity (Wildman–Crippen MR) is 115 cm³/mol. The minimum absolute atomic E-state index is 0.457. The smallest absolute Gasteiger partial charge is 0.511 e. The summed E-state index contributed by atoms with van der Waals surface area (Å²) >= 11 is 0. The third-order valence-electron chi connectivity index (χ3n) is 5.68. The molecule has 4 heteroatoms. The molecule has 0 fully saturated rings. The van der Waals surface area contributed by atoms with Crippen LogP contribution < -0.4 is 4.65 Å². The first-order valence-electron chi connectivity index (χ1n) is 9.60. The number of hydrogen-bond acceptors (Lipinski definition) is 3. The van der Waals surface area contributed by atoms with Crippen molar-refractivity contribution in [1.29, 1.82) is 0 Å². The summed E-state index contributed by atoms with van der Waals surface area (Å²) in [6, 6.07) is 34.9. The molecule has 5 rings (SSSR count). The minimum atomic E-state index is -1.88. The standard InChI is InChI=1S/C25H19BO3/c27-26(28)29-23-17-9-16-22-24(23)20-14-7-8-15-21(20)25(22,18-10-3-1-4-11-18)19-12-5-2-6-13-19/h1-17,27-28H. The fraction of sp³-hybridized carbons (Fsp3) is 0.0400. The first-order chi connectivity index (χ1) is 14.2. The van der Waals surface area contributed by atoms with Gasteiger partial charge in [-0.25, -0.2) is 0 Å². The van der Waals surface area contributed by atoms with Crippen molar-refractivity contribution in [3.8, 4) is 16.9 Å². The van der Waals surface area contributed by atoms with Crippen molar-refractivity contribution in [3.63, 3.8) is 0 Å². The first-order valence-corrected chi connectivity index (χ1v) is 9.60. The molecular weight excluding hydrogens is 359 g/mol. The quantitative estimate of drug-likeness (QED) is 0.456. The Hall–Kier alpha value is -3.34. The molecule has 3 nitrogen and oxygen atoms in total. The van der Waals surface area contributed by atoms with Gasteiger partial charge in [-0.2, -0.15) is 0 Å². The molecule has 0 heterocycles. The lowest BCUT2D eigenvalue weighted by molar-refractivity contribution is 0.288. The van der Waals surface area contributed by atoms with Crippen molar-refractivity contribution in [2.45, 2.75) is 5.41 Å². The second kappa shape index (κ2) is 6.92. The average Bonchev–Trinajstić information content (AvgIpc) is 3.07. The normalized spacial score (nSPS) is 13.4. The van der Waals surface area contributed by atoms with Gasteiger partial charge in [-0.15, -0.1) is 0 Å². The lowest BCUT2D eigenvalue weighted by atomic mass is 9.68. The molecule has 0 amide bonds. The molecule has 0 saturated carbocycles. The molecule has 1 aliphatic carbocycles. The van der Waals surface area contributed by atoms with Gasteiger partial charge < -0.3 is 14.7 Å². The highest BCUT2D eigenvalue weighted by atomic mass is 16.6. The molecule has 0 atom stereocenters. The van der Waals surface area contributed by atoms with Gasteiger partial charge in [-0.1, -0.05) is 97.1 Å². The van der Waals surface area contributed by atoms with Crippen molar-refractivity contribution in [1.82, 2.24) is 0 Å². The molecule has 0 aliphatic heterocycles. The van der Waals surface area contributed by atoms with Crippen molar-refractivity contribution in [2.24, 2.45) is 0 Å². The maximum absolute atomic E-state index is 9.48. The maximum Gasteiger partial charge on any atom is 0.707 e. The highest BCUT2D eigenvalue weighted by Crippen LogP contribution is 2.58. The van der Waals surface area contributed by atoms with Crippen molar-refractivity contribution in [3.05, 3.63) is 125 Å². The number of benzene rings is 4. The van der Waals surface area contributed by atoms with E-state index < -0.39 is 12.7 Å². The van der Waals surface area contributed by atoms with Crippen LogP contribution in [-0.2, 0) is 5.41 Å². The van der Waals surface area contributed by atoms with Crippen LogP contribution in [0.5, 0.6) is 5.75 Å². The van der Waals surface area contributed by atoms with E-state index in [2.05, 4.69) is 66.7 Å². The van der Waals surface area contributed by atoms with Gasteiger partial charge in [0, 0.05) is 5.56 Å². The third kappa shape index (κ3) is 2.61. The lowest BCUT2D eigenvalue weighted by Crippen LogP contribution is -2.28. The van der Waals surface area contributed by atoms with Gasteiger partial charge in [0.05, 0.1) is 5.41 Å². The minimum Gasteiger partial charge on any atom is -0.511 e. The summed E-state index contributed by atoms with van der Waals surface area (Å²) in [7, 11) is -1.88. The van der Waals surface area contributed by atoms with Gasteiger partial charge in [0.2, 0.25) is 0 Å². The summed E-state index contributed by atoms with van der Waals surface area (Å²) in [4.78, 5) is 0. The summed E-state index contributed by atoms with van der Waals surface area (Å²) in [6.07, 6.45) is 0. The Morgan fingerprint density at radius 1 is 0.586 bits per heavy atom. The topological polar surface area (TPSA) is 49.7 Å². The molecule has 0 aromatic heterocycles. The molecule has 4 aromatic carbocycles. The molecule has 0 bridgehead atoms. The van der Waals surface area contributed by atoms with Crippen LogP contribution in [0.1, 0.15) is 22.3 Å². The number of hydrogen-bond donors (Lipinski definition) is 2. The molecular formula is C25H19BO3. The zero-order chi connectivity index (χ0) is 19.8. The predicted octanol–water partition coefficient (Wildman–Crippen LogP) is 4.40. The van der Waals surface area contributed by atoms with E-state index in [4.69, 9.17) is 4.65 Å². The Kier molecular flexibility index (Phi) is 4.24. The van der Waals surface area contributed by atoms with E-state index in [-0.39, 0.29) is 0 Å². The Balaban J connectivity index is 1.94. The monoisotopic (exact) mass is 378 g/mol. The van der Waals surface area contributed by atoms with Crippen molar-refractivity contribution in [2.75, 3.05) is 0 Å². The Bertz CT molecular complexity index is 1120. The zero-order valence-corrected chi connectivity index (χ0v) is 15.7. The number of rotatable bonds is 4. The second-order valence-corrected chi connectivity index (χ2v) is 7.15. The van der Waals surface area contributed by atoms with E-state index in [1.807, 2.05) is 30.3 Å². The Morgan fingerprint density at radius 3 is 1.76 bits per heavy atom. The van der Waals surface area contributed by atoms with Crippen LogP contribution in [0.25, 0.3) is 11.1 Å². The van der Waals surface area contributed by atoms with Crippen LogP contribution >= 0.6 is 0 Å². The molecule has 0 saturated heterocycles. The summed E-state index contributed by atoms with van der Waals surface area (Å²) < 4.78 is 5.39. The van der Waals surface area contributed by atoms with Crippen molar-refractivity contribution >= 4 is 7.32 Å². The van der Waals surface area contributed by atoms with Gasteiger partial charge in [0.25, 0.3) is 0 Å². The van der Waals surface area contributed by atoms with Crippen LogP contribution in [0.3, 0.4) is 0 Å². The largest absolute Gasteiger partial charge is 0.707 e. The van der Waals surface area contributed by atoms with Crippen LogP contribution in [0.2, 0.25) is 0 Å². The van der Waals surface area contributed by atoms with Gasteiger partial charge in [-0.3, -0.25) is 0 Å². The maximum atomic E-state index is 9.48. The van der Waals surface area contributed by atoms with Gasteiger partial charge in [0.1, 0.15) is 5.75 Å². The second-order valence-electron chi connectivity index (χ2n) is 7.15. The van der Waals surface area contributed by atoms with E-state index >= 15 is 0 Å². The first kappa shape index (κ1) is 17.7. The molecule has 0 unspecified atom stereocenters. The van der Waals surface area contributed by atoms with Crippen molar-refractivity contribution < 1.29 is 14.7 Å². The van der Waals surface area contributed by atoms with Crippen LogP contribution in [0, 0.1) is 0 Å². The summed E-state index contributed by atoms with van der Waals surface area (Å²) in [5.41, 5.74) is 5.92. The summed E-state index contributed by atoms with van der Waals surface area (Å²) in [6.45, 7) is 0. The highest BCUT2D eigenvalue weighted by molar-refractivity contribution is 6.34. The van der Waals surface area contributed by atoms with E-state index in [0.717, 1.165) is 33.4 Å². The molecule has 0 spiro atoms. The Morgan fingerprint density at radius 2 is 1.14 bits per heavy atom. The molecule has 4 aromatic rings. The average molecular weight is 378 g/mol. The fourth-order valence-electron chi connectivity index (χ4n) is 4.67.